The smallest absolute Gasteiger partial charge is 0.198 e. The highest BCUT2D eigenvalue weighted by Crippen LogP contribution is 2.28. The number of aromatic amines is 1. The molecule has 6 heteroatoms. The van der Waals surface area contributed by atoms with Crippen molar-refractivity contribution in [2.75, 3.05) is 0 Å². The van der Waals surface area contributed by atoms with Crippen molar-refractivity contribution >= 4 is 17.1 Å². The summed E-state index contributed by atoms with van der Waals surface area (Å²) in [6, 6.07) is 0. The van der Waals surface area contributed by atoms with Crippen LogP contribution >= 0.6 is 0 Å². The van der Waals surface area contributed by atoms with Gasteiger partial charge in [0.05, 0.1) is 11.1 Å². The molecule has 0 aliphatic carbocycles. The maximum Gasteiger partial charge on any atom is 0.198 e. The van der Waals surface area contributed by atoms with Crippen LogP contribution in [0.3, 0.4) is 0 Å². The molecule has 0 bridgehead atoms. The molecule has 0 saturated heterocycles. The summed E-state index contributed by atoms with van der Waals surface area (Å²) in [5, 5.41) is -1.07. The lowest BCUT2D eigenvalue weighted by molar-refractivity contribution is 0.112. The highest BCUT2D eigenvalue weighted by Gasteiger charge is 2.23. The molecule has 2 aromatic rings. The molecule has 1 aromatic heterocycles. The van der Waals surface area contributed by atoms with Crippen LogP contribution in [0, 0.1) is 23.3 Å². The van der Waals surface area contributed by atoms with Gasteiger partial charge in [0.1, 0.15) is 0 Å². The molecule has 1 N–H and O–H groups in total. The molecule has 0 unspecified atom stereocenters. The Hall–Kier alpha value is -1.85. The second-order valence-corrected chi connectivity index (χ2v) is 2.86. The predicted molar refractivity (Wildman–Crippen MR) is 43.5 cm³/mol. The van der Waals surface area contributed by atoms with E-state index in [4.69, 9.17) is 0 Å². The number of H-pyrrole nitrogens is 1. The third-order valence-electron chi connectivity index (χ3n) is 2.06. The summed E-state index contributed by atoms with van der Waals surface area (Å²) in [6.45, 7) is 0. The number of hydrogen-bond donors (Lipinski definition) is 1. The molecular formula is C9H3F4NO. The van der Waals surface area contributed by atoms with Gasteiger partial charge in [-0.3, -0.25) is 4.79 Å². The Kier molecular flexibility index (Phi) is 1.99. The Balaban J connectivity index is 3.03. The minimum atomic E-state index is -1.93. The summed E-state index contributed by atoms with van der Waals surface area (Å²) in [4.78, 5) is 12.6. The first-order valence-electron chi connectivity index (χ1n) is 3.86. The molecule has 0 aliphatic heterocycles. The maximum absolute atomic E-state index is 13.2. The van der Waals surface area contributed by atoms with Gasteiger partial charge >= 0.3 is 0 Å². The lowest BCUT2D eigenvalue weighted by Crippen LogP contribution is -1.97. The van der Waals surface area contributed by atoms with Crippen LogP contribution in [0.25, 0.3) is 10.8 Å². The van der Waals surface area contributed by atoms with Gasteiger partial charge in [-0.25, -0.2) is 17.6 Å². The van der Waals surface area contributed by atoms with E-state index in [9.17, 15) is 22.4 Å². The summed E-state index contributed by atoms with van der Waals surface area (Å²) in [7, 11) is 0. The van der Waals surface area contributed by atoms with Gasteiger partial charge in [-0.1, -0.05) is 0 Å². The number of rotatable bonds is 1. The maximum atomic E-state index is 13.2. The van der Waals surface area contributed by atoms with Crippen molar-refractivity contribution in [1.29, 1.82) is 0 Å². The van der Waals surface area contributed by atoms with Crippen LogP contribution in [0.15, 0.2) is 6.20 Å². The van der Waals surface area contributed by atoms with Crippen molar-refractivity contribution in [3.8, 4) is 0 Å². The van der Waals surface area contributed by atoms with Gasteiger partial charge in [0.2, 0.25) is 0 Å². The van der Waals surface area contributed by atoms with E-state index >= 15 is 0 Å². The number of fused-ring (bicyclic) bond motifs is 1. The van der Waals surface area contributed by atoms with Crippen LogP contribution in [0.1, 0.15) is 10.5 Å². The topological polar surface area (TPSA) is 32.9 Å². The molecule has 0 aliphatic rings. The number of carbonyl (C=O) groups is 1. The fourth-order valence-corrected chi connectivity index (χ4v) is 1.36. The molecular weight excluding hydrogens is 214 g/mol. The molecule has 15 heavy (non-hydrogen) atoms. The normalized spacial score (nSPS) is 10.9. The number of aromatic nitrogens is 1. The van der Waals surface area contributed by atoms with Crippen molar-refractivity contribution in [2.24, 2.45) is 0 Å². The van der Waals surface area contributed by atoms with Gasteiger partial charge in [0.25, 0.3) is 0 Å². The zero-order chi connectivity index (χ0) is 11.2. The average Bonchev–Trinajstić information content (AvgIpc) is 2.67. The zero-order valence-electron chi connectivity index (χ0n) is 7.07. The van der Waals surface area contributed by atoms with Crippen molar-refractivity contribution in [2.45, 2.75) is 0 Å². The summed E-state index contributed by atoms with van der Waals surface area (Å²) in [5.41, 5.74) is -0.333. The third-order valence-corrected chi connectivity index (χ3v) is 2.06. The van der Waals surface area contributed by atoms with E-state index in [0.717, 1.165) is 6.20 Å². The molecule has 2 nitrogen and oxygen atoms in total. The quantitative estimate of drug-likeness (QED) is 0.338. The molecule has 0 amide bonds. The predicted octanol–water partition coefficient (Wildman–Crippen LogP) is 2.54. The van der Waals surface area contributed by atoms with Gasteiger partial charge in [-0.05, 0) is 0 Å². The fourth-order valence-electron chi connectivity index (χ4n) is 1.36. The number of carbonyl (C=O) groups excluding carboxylic acids is 1. The number of aldehydes is 1. The first kappa shape index (κ1) is 9.70. The van der Waals surface area contributed by atoms with Gasteiger partial charge in [0, 0.05) is 11.6 Å². The summed E-state index contributed by atoms with van der Waals surface area (Å²) >= 11 is 0. The Morgan fingerprint density at radius 3 is 2.20 bits per heavy atom. The monoisotopic (exact) mass is 217 g/mol. The van der Waals surface area contributed by atoms with Crippen LogP contribution in [-0.4, -0.2) is 11.3 Å². The summed E-state index contributed by atoms with van der Waals surface area (Å²) in [6.07, 6.45) is 1.10. The second-order valence-electron chi connectivity index (χ2n) is 2.86. The Morgan fingerprint density at radius 2 is 1.60 bits per heavy atom. The molecule has 0 fully saturated rings. The first-order chi connectivity index (χ1) is 7.07. The minimum Gasteiger partial charge on any atom is -0.358 e. The largest absolute Gasteiger partial charge is 0.358 e. The van der Waals surface area contributed by atoms with Crippen molar-refractivity contribution in [3.63, 3.8) is 0 Å². The van der Waals surface area contributed by atoms with E-state index < -0.39 is 34.0 Å². The van der Waals surface area contributed by atoms with E-state index in [1.165, 1.54) is 0 Å². The molecule has 0 radical (unpaired) electrons. The molecule has 1 aromatic carbocycles. The van der Waals surface area contributed by atoms with Gasteiger partial charge in [0.15, 0.2) is 29.6 Å². The standard InChI is InChI=1S/C9H3F4NO/c10-6-3-1-14-4(2-15)5(3)7(11)9(13)8(6)12/h1-2,14H. The summed E-state index contributed by atoms with van der Waals surface area (Å²) < 4.78 is 51.8. The van der Waals surface area contributed by atoms with Gasteiger partial charge in [-0.15, -0.1) is 0 Å². The molecule has 0 saturated carbocycles. The highest BCUT2D eigenvalue weighted by molar-refractivity contribution is 5.97. The Bertz CT molecular complexity index is 561. The number of benzene rings is 1. The first-order valence-corrected chi connectivity index (χ1v) is 3.86. The Labute approximate surface area is 80.5 Å². The SMILES string of the molecule is O=Cc1[nH]cc2c(F)c(F)c(F)c(F)c12. The van der Waals surface area contributed by atoms with E-state index in [0.29, 0.717) is 0 Å². The molecule has 0 spiro atoms. The average molecular weight is 217 g/mol. The number of nitrogens with one attached hydrogen (secondary N) is 1. The fraction of sp³-hybridized carbons (Fsp3) is 0. The van der Waals surface area contributed by atoms with Crippen molar-refractivity contribution in [3.05, 3.63) is 35.2 Å². The minimum absolute atomic E-state index is 0.197. The number of hydrogen-bond acceptors (Lipinski definition) is 1. The lowest BCUT2D eigenvalue weighted by atomic mass is 10.1. The zero-order valence-corrected chi connectivity index (χ0v) is 7.07. The Morgan fingerprint density at radius 1 is 1.00 bits per heavy atom. The van der Waals surface area contributed by atoms with Crippen molar-refractivity contribution in [1.82, 2.24) is 4.98 Å². The number of halogens is 4. The second kappa shape index (κ2) is 3.08. The molecule has 2 rings (SSSR count). The van der Waals surface area contributed by atoms with Gasteiger partial charge in [-0.2, -0.15) is 0 Å². The molecule has 1 heterocycles. The third kappa shape index (κ3) is 1.14. The van der Waals surface area contributed by atoms with Crippen LogP contribution in [0.5, 0.6) is 0 Å². The van der Waals surface area contributed by atoms with E-state index in [1.54, 1.807) is 0 Å². The van der Waals surface area contributed by atoms with Crippen molar-refractivity contribution < 1.29 is 22.4 Å². The van der Waals surface area contributed by atoms with Gasteiger partial charge < -0.3 is 4.98 Å². The van der Waals surface area contributed by atoms with Crippen LogP contribution in [-0.2, 0) is 0 Å². The van der Waals surface area contributed by atoms with Crippen LogP contribution in [0.2, 0.25) is 0 Å². The van der Waals surface area contributed by atoms with Crippen LogP contribution < -0.4 is 0 Å². The van der Waals surface area contributed by atoms with Crippen LogP contribution in [0.4, 0.5) is 17.6 Å². The van der Waals surface area contributed by atoms with E-state index in [1.807, 2.05) is 0 Å². The lowest BCUT2D eigenvalue weighted by Gasteiger charge is -1.99. The van der Waals surface area contributed by atoms with E-state index in [-0.39, 0.29) is 12.0 Å². The molecule has 78 valence electrons. The van der Waals surface area contributed by atoms with E-state index in [2.05, 4.69) is 4.98 Å². The highest BCUT2D eigenvalue weighted by atomic mass is 19.2. The summed E-state index contributed by atoms with van der Waals surface area (Å²) in [5.74, 6) is -6.92. The molecule has 0 atom stereocenters.